The number of aliphatic hydroxyl groups is 1. The highest BCUT2D eigenvalue weighted by Crippen LogP contribution is 2.11. The Balaban J connectivity index is -0.000000376. The zero-order valence-corrected chi connectivity index (χ0v) is 20.1. The molecule has 0 aromatic rings. The van der Waals surface area contributed by atoms with Crippen molar-refractivity contribution in [2.24, 2.45) is 16.1 Å². The van der Waals surface area contributed by atoms with Gasteiger partial charge < -0.3 is 9.90 Å². The smallest absolute Gasteiger partial charge is 0.165 e. The summed E-state index contributed by atoms with van der Waals surface area (Å²) in [5.41, 5.74) is 2.50. The Morgan fingerprint density at radius 1 is 0.929 bits per heavy atom. The standard InChI is InChI=1S/C11H24N2O.C7H14O.C4H12N2/c1-5-6-7-8-9-10(14)12-13-11(2,3)4;1-2-3-4-5-6-7-8;1-4(2,3)6-5/h10,14H,5-9H2,1-4H3;7H,2-6H2,1H3;6H,5H2,1-3H3/b13-12+;;. The minimum Gasteiger partial charge on any atom is -0.370 e. The first-order valence-electron chi connectivity index (χ1n) is 10.9. The molecule has 0 bridgehead atoms. The maximum atomic E-state index is 9.77. The first-order valence-corrected chi connectivity index (χ1v) is 10.9. The molecule has 4 N–H and O–H groups in total. The first kappa shape index (κ1) is 31.8. The number of aliphatic hydroxyl groups excluding tert-OH is 1. The van der Waals surface area contributed by atoms with Crippen molar-refractivity contribution < 1.29 is 9.90 Å². The van der Waals surface area contributed by atoms with Gasteiger partial charge in [0.05, 0.1) is 5.54 Å². The van der Waals surface area contributed by atoms with E-state index in [4.69, 9.17) is 5.84 Å². The van der Waals surface area contributed by atoms with Crippen LogP contribution < -0.4 is 11.3 Å². The van der Waals surface area contributed by atoms with Gasteiger partial charge in [-0.25, -0.2) is 0 Å². The van der Waals surface area contributed by atoms with Crippen molar-refractivity contribution >= 4 is 6.29 Å². The SMILES string of the molecule is CC(C)(C)NN.CCCCCCC(O)/N=N/C(C)(C)C.CCCCCCC=O. The second-order valence-corrected chi connectivity index (χ2v) is 9.13. The van der Waals surface area contributed by atoms with Crippen molar-refractivity contribution in [1.29, 1.82) is 0 Å². The predicted octanol–water partition coefficient (Wildman–Crippen LogP) is 5.93. The number of carbonyl (C=O) groups excluding carboxylic acids is 1. The minimum absolute atomic E-state index is 0.0694. The van der Waals surface area contributed by atoms with E-state index < -0.39 is 6.23 Å². The minimum atomic E-state index is -0.605. The maximum absolute atomic E-state index is 9.77. The molecule has 170 valence electrons. The Labute approximate surface area is 175 Å². The lowest BCUT2D eigenvalue weighted by Gasteiger charge is -2.14. The third kappa shape index (κ3) is 40.0. The van der Waals surface area contributed by atoms with Crippen molar-refractivity contribution in [1.82, 2.24) is 5.43 Å². The van der Waals surface area contributed by atoms with E-state index >= 15 is 0 Å². The van der Waals surface area contributed by atoms with E-state index in [1.165, 1.54) is 38.5 Å². The number of rotatable bonds is 11. The van der Waals surface area contributed by atoms with Crippen LogP contribution in [0, 0.1) is 0 Å². The Morgan fingerprint density at radius 2 is 1.39 bits per heavy atom. The summed E-state index contributed by atoms with van der Waals surface area (Å²) >= 11 is 0. The molecule has 0 rings (SSSR count). The molecule has 1 atom stereocenters. The largest absolute Gasteiger partial charge is 0.370 e. The van der Waals surface area contributed by atoms with Crippen LogP contribution in [0.5, 0.6) is 0 Å². The van der Waals surface area contributed by atoms with Crippen LogP contribution in [-0.4, -0.2) is 28.7 Å². The number of hydrogen-bond acceptors (Lipinski definition) is 6. The van der Waals surface area contributed by atoms with Crippen LogP contribution in [0.15, 0.2) is 10.2 Å². The first-order chi connectivity index (χ1) is 12.9. The van der Waals surface area contributed by atoms with Crippen molar-refractivity contribution in [3.05, 3.63) is 0 Å². The Morgan fingerprint density at radius 3 is 1.75 bits per heavy atom. The molecule has 0 aromatic carbocycles. The van der Waals surface area contributed by atoms with Crippen LogP contribution in [0.2, 0.25) is 0 Å². The number of hydrazine groups is 1. The summed E-state index contributed by atoms with van der Waals surface area (Å²) in [5, 5.41) is 17.4. The van der Waals surface area contributed by atoms with E-state index in [0.717, 1.165) is 32.0 Å². The molecule has 0 fully saturated rings. The van der Waals surface area contributed by atoms with Crippen molar-refractivity contribution in [2.75, 3.05) is 0 Å². The van der Waals surface area contributed by atoms with Crippen LogP contribution in [0.1, 0.15) is 120 Å². The molecular weight excluding hydrogens is 352 g/mol. The molecule has 0 saturated carbocycles. The lowest BCUT2D eigenvalue weighted by Crippen LogP contribution is -2.41. The van der Waals surface area contributed by atoms with E-state index in [-0.39, 0.29) is 11.1 Å². The third-order valence-electron chi connectivity index (χ3n) is 3.42. The molecular formula is C22H50N4O2. The number of nitrogens with one attached hydrogen (secondary N) is 1. The van der Waals surface area contributed by atoms with Crippen molar-refractivity contribution in [3.8, 4) is 0 Å². The summed E-state index contributed by atoms with van der Waals surface area (Å²) < 4.78 is 0. The molecule has 1 unspecified atom stereocenters. The van der Waals surface area contributed by atoms with Gasteiger partial charge in [0, 0.05) is 12.0 Å². The maximum Gasteiger partial charge on any atom is 0.165 e. The number of nitrogens with two attached hydrogens (primary N) is 1. The number of carbonyl (C=O) groups is 1. The highest BCUT2D eigenvalue weighted by atomic mass is 16.3. The van der Waals surface area contributed by atoms with E-state index in [9.17, 15) is 9.90 Å². The molecule has 0 aliphatic heterocycles. The van der Waals surface area contributed by atoms with Crippen LogP contribution in [-0.2, 0) is 4.79 Å². The molecule has 0 spiro atoms. The highest BCUT2D eigenvalue weighted by Gasteiger charge is 2.08. The summed E-state index contributed by atoms with van der Waals surface area (Å²) in [6.07, 6.45) is 11.4. The molecule has 0 aliphatic rings. The van der Waals surface area contributed by atoms with Gasteiger partial charge in [-0.15, -0.1) is 0 Å². The van der Waals surface area contributed by atoms with Gasteiger partial charge in [0.2, 0.25) is 0 Å². The number of nitrogens with zero attached hydrogens (tertiary/aromatic N) is 2. The molecule has 0 aromatic heterocycles. The highest BCUT2D eigenvalue weighted by molar-refractivity contribution is 5.48. The average molecular weight is 403 g/mol. The van der Waals surface area contributed by atoms with Crippen LogP contribution >= 0.6 is 0 Å². The van der Waals surface area contributed by atoms with Gasteiger partial charge in [-0.2, -0.15) is 10.2 Å². The number of unbranched alkanes of at least 4 members (excludes halogenated alkanes) is 7. The number of azo groups is 1. The molecule has 0 radical (unpaired) electrons. The zero-order valence-electron chi connectivity index (χ0n) is 20.1. The predicted molar refractivity (Wildman–Crippen MR) is 121 cm³/mol. The Hall–Kier alpha value is -0.850. The van der Waals surface area contributed by atoms with Gasteiger partial charge in [0.15, 0.2) is 6.23 Å². The van der Waals surface area contributed by atoms with Gasteiger partial charge in [0.1, 0.15) is 6.29 Å². The van der Waals surface area contributed by atoms with E-state index in [1.807, 2.05) is 41.5 Å². The lowest BCUT2D eigenvalue weighted by atomic mass is 10.1. The Kier molecular flexibility index (Phi) is 23.7. The summed E-state index contributed by atoms with van der Waals surface area (Å²) in [7, 11) is 0. The van der Waals surface area contributed by atoms with E-state index in [2.05, 4.69) is 29.5 Å². The monoisotopic (exact) mass is 402 g/mol. The zero-order chi connectivity index (χ0) is 22.5. The average Bonchev–Trinajstić information content (AvgIpc) is 2.61. The molecule has 6 nitrogen and oxygen atoms in total. The summed E-state index contributed by atoms with van der Waals surface area (Å²) in [6, 6.07) is 0. The van der Waals surface area contributed by atoms with Crippen LogP contribution in [0.25, 0.3) is 0 Å². The fraction of sp³-hybridized carbons (Fsp3) is 0.955. The Bertz CT molecular complexity index is 347. The molecule has 0 amide bonds. The van der Waals surface area contributed by atoms with E-state index in [1.54, 1.807) is 0 Å². The summed E-state index contributed by atoms with van der Waals surface area (Å²) in [4.78, 5) is 9.77. The lowest BCUT2D eigenvalue weighted by molar-refractivity contribution is -0.107. The quantitative estimate of drug-likeness (QED) is 0.131. The number of aldehydes is 1. The molecule has 28 heavy (non-hydrogen) atoms. The molecule has 0 saturated heterocycles. The molecule has 0 aliphatic carbocycles. The van der Waals surface area contributed by atoms with Crippen molar-refractivity contribution in [3.63, 3.8) is 0 Å². The molecule has 6 heteroatoms. The van der Waals surface area contributed by atoms with Gasteiger partial charge >= 0.3 is 0 Å². The third-order valence-corrected chi connectivity index (χ3v) is 3.42. The second kappa shape index (κ2) is 20.9. The van der Waals surface area contributed by atoms with Gasteiger partial charge in [-0.3, -0.25) is 11.3 Å². The summed E-state index contributed by atoms with van der Waals surface area (Å²) in [5.74, 6) is 5.06. The topological polar surface area (TPSA) is 100 Å². The van der Waals surface area contributed by atoms with Crippen molar-refractivity contribution in [2.45, 2.75) is 137 Å². The number of hydrogen-bond donors (Lipinski definition) is 3. The van der Waals surface area contributed by atoms with Crippen LogP contribution in [0.4, 0.5) is 0 Å². The van der Waals surface area contributed by atoms with E-state index in [0.29, 0.717) is 0 Å². The summed E-state index contributed by atoms with van der Waals surface area (Å²) in [6.45, 7) is 16.3. The normalized spacial score (nSPS) is 12.6. The van der Waals surface area contributed by atoms with Gasteiger partial charge in [0.25, 0.3) is 0 Å². The fourth-order valence-corrected chi connectivity index (χ4v) is 1.71. The fourth-order valence-electron chi connectivity index (χ4n) is 1.71. The van der Waals surface area contributed by atoms with Crippen LogP contribution in [0.3, 0.4) is 0 Å². The second-order valence-electron chi connectivity index (χ2n) is 9.13. The molecule has 0 heterocycles. The van der Waals surface area contributed by atoms with Gasteiger partial charge in [-0.1, -0.05) is 52.4 Å². The van der Waals surface area contributed by atoms with Gasteiger partial charge in [-0.05, 0) is 60.8 Å².